The van der Waals surface area contributed by atoms with Crippen molar-refractivity contribution in [2.75, 3.05) is 5.32 Å². The van der Waals surface area contributed by atoms with E-state index in [9.17, 15) is 4.79 Å². The number of carbonyl (C=O) groups excluding carboxylic acids is 1. The molecular weight excluding hydrogens is 380 g/mol. The second-order valence-corrected chi connectivity index (χ2v) is 7.72. The Kier molecular flexibility index (Phi) is 5.08. The van der Waals surface area contributed by atoms with Gasteiger partial charge in [0.2, 0.25) is 0 Å². The molecule has 0 bridgehead atoms. The molecule has 0 aliphatic carbocycles. The number of anilines is 1. The minimum atomic E-state index is -0.185. The number of nitrogens with one attached hydrogen (secondary N) is 1. The molecule has 0 saturated heterocycles. The van der Waals surface area contributed by atoms with E-state index in [0.717, 1.165) is 27.9 Å². The van der Waals surface area contributed by atoms with Crippen molar-refractivity contribution in [3.05, 3.63) is 94.0 Å². The standard InChI is InChI=1S/C25H21ClN2O/c1-15-6-4-7-19(12-15)27-25(29)21-14-23(18-11-10-16(2)17(3)13-18)28-24-20(21)8-5-9-22(24)26/h4-14H,1-3H3,(H,27,29). The second kappa shape index (κ2) is 7.69. The predicted molar refractivity (Wildman–Crippen MR) is 121 cm³/mol. The Morgan fingerprint density at radius 1 is 0.897 bits per heavy atom. The number of hydrogen-bond acceptors (Lipinski definition) is 2. The number of amides is 1. The molecule has 1 N–H and O–H groups in total. The Morgan fingerprint density at radius 2 is 1.69 bits per heavy atom. The van der Waals surface area contributed by atoms with E-state index in [1.165, 1.54) is 11.1 Å². The van der Waals surface area contributed by atoms with Gasteiger partial charge in [0.1, 0.15) is 0 Å². The summed E-state index contributed by atoms with van der Waals surface area (Å²) in [6.45, 7) is 6.14. The van der Waals surface area contributed by atoms with Crippen LogP contribution in [0.2, 0.25) is 5.02 Å². The average molecular weight is 401 g/mol. The van der Waals surface area contributed by atoms with E-state index in [0.29, 0.717) is 16.1 Å². The number of aryl methyl sites for hydroxylation is 3. The monoisotopic (exact) mass is 400 g/mol. The minimum Gasteiger partial charge on any atom is -0.322 e. The molecule has 3 aromatic carbocycles. The van der Waals surface area contributed by atoms with Gasteiger partial charge in [-0.05, 0) is 67.8 Å². The Bertz CT molecular complexity index is 1250. The Balaban J connectivity index is 1.86. The third-order valence-electron chi connectivity index (χ3n) is 5.11. The van der Waals surface area contributed by atoms with E-state index in [-0.39, 0.29) is 5.91 Å². The van der Waals surface area contributed by atoms with Crippen LogP contribution in [0.5, 0.6) is 0 Å². The number of aromatic nitrogens is 1. The molecule has 0 aliphatic rings. The van der Waals surface area contributed by atoms with Crippen molar-refractivity contribution in [1.29, 1.82) is 0 Å². The van der Waals surface area contributed by atoms with E-state index in [1.807, 2.05) is 55.5 Å². The van der Waals surface area contributed by atoms with Gasteiger partial charge in [-0.3, -0.25) is 4.79 Å². The molecule has 3 nitrogen and oxygen atoms in total. The summed E-state index contributed by atoms with van der Waals surface area (Å²) in [4.78, 5) is 17.9. The molecule has 0 atom stereocenters. The number of fused-ring (bicyclic) bond motifs is 1. The number of rotatable bonds is 3. The van der Waals surface area contributed by atoms with E-state index in [2.05, 4.69) is 31.3 Å². The smallest absolute Gasteiger partial charge is 0.256 e. The molecule has 0 aliphatic heterocycles. The lowest BCUT2D eigenvalue weighted by molar-refractivity contribution is 0.102. The van der Waals surface area contributed by atoms with Crippen molar-refractivity contribution in [2.24, 2.45) is 0 Å². The quantitative estimate of drug-likeness (QED) is 0.414. The van der Waals surface area contributed by atoms with Crippen molar-refractivity contribution in [1.82, 2.24) is 4.98 Å². The number of para-hydroxylation sites is 1. The predicted octanol–water partition coefficient (Wildman–Crippen LogP) is 6.73. The number of benzene rings is 3. The van der Waals surface area contributed by atoms with Crippen molar-refractivity contribution >= 4 is 34.1 Å². The molecule has 4 aromatic rings. The van der Waals surface area contributed by atoms with Gasteiger partial charge >= 0.3 is 0 Å². The molecule has 4 rings (SSSR count). The fraction of sp³-hybridized carbons (Fsp3) is 0.120. The zero-order chi connectivity index (χ0) is 20.5. The summed E-state index contributed by atoms with van der Waals surface area (Å²) in [6, 6.07) is 21.3. The maximum absolute atomic E-state index is 13.2. The highest BCUT2D eigenvalue weighted by Gasteiger charge is 2.16. The molecule has 144 valence electrons. The van der Waals surface area contributed by atoms with E-state index >= 15 is 0 Å². The molecule has 0 radical (unpaired) electrons. The van der Waals surface area contributed by atoms with Gasteiger partial charge in [-0.15, -0.1) is 0 Å². The molecule has 1 heterocycles. The second-order valence-electron chi connectivity index (χ2n) is 7.31. The van der Waals surface area contributed by atoms with Gasteiger partial charge in [0.05, 0.1) is 21.8 Å². The summed E-state index contributed by atoms with van der Waals surface area (Å²) < 4.78 is 0. The van der Waals surface area contributed by atoms with Crippen LogP contribution in [0.25, 0.3) is 22.2 Å². The highest BCUT2D eigenvalue weighted by molar-refractivity contribution is 6.35. The first-order valence-corrected chi connectivity index (χ1v) is 9.85. The third kappa shape index (κ3) is 3.87. The van der Waals surface area contributed by atoms with Crippen molar-refractivity contribution in [3.63, 3.8) is 0 Å². The van der Waals surface area contributed by atoms with Crippen LogP contribution >= 0.6 is 11.6 Å². The summed E-state index contributed by atoms with van der Waals surface area (Å²) in [7, 11) is 0. The van der Waals surface area contributed by atoms with Gasteiger partial charge < -0.3 is 5.32 Å². The van der Waals surface area contributed by atoms with Crippen LogP contribution in [0.1, 0.15) is 27.0 Å². The summed E-state index contributed by atoms with van der Waals surface area (Å²) in [5.74, 6) is -0.185. The molecular formula is C25H21ClN2O. The first kappa shape index (κ1) is 19.2. The van der Waals surface area contributed by atoms with Crippen LogP contribution in [0.15, 0.2) is 66.7 Å². The number of pyridine rings is 1. The van der Waals surface area contributed by atoms with Crippen molar-refractivity contribution in [3.8, 4) is 11.3 Å². The van der Waals surface area contributed by atoms with Gasteiger partial charge in [0.25, 0.3) is 5.91 Å². The Labute approximate surface area is 175 Å². The molecule has 0 saturated carbocycles. The fourth-order valence-corrected chi connectivity index (χ4v) is 3.59. The summed E-state index contributed by atoms with van der Waals surface area (Å²) in [6.07, 6.45) is 0. The topological polar surface area (TPSA) is 42.0 Å². The van der Waals surface area contributed by atoms with E-state index in [1.54, 1.807) is 6.07 Å². The highest BCUT2D eigenvalue weighted by Crippen LogP contribution is 2.30. The number of hydrogen-bond donors (Lipinski definition) is 1. The van der Waals surface area contributed by atoms with Crippen LogP contribution in [0.4, 0.5) is 5.69 Å². The van der Waals surface area contributed by atoms with Crippen molar-refractivity contribution in [2.45, 2.75) is 20.8 Å². The molecule has 0 spiro atoms. The maximum atomic E-state index is 13.2. The molecule has 4 heteroatoms. The summed E-state index contributed by atoms with van der Waals surface area (Å²) in [5, 5.41) is 4.26. The minimum absolute atomic E-state index is 0.185. The SMILES string of the molecule is Cc1cccc(NC(=O)c2cc(-c3ccc(C)c(C)c3)nc3c(Cl)cccc23)c1. The molecule has 0 fully saturated rings. The van der Waals surface area contributed by atoms with E-state index in [4.69, 9.17) is 16.6 Å². The van der Waals surface area contributed by atoms with Crippen LogP contribution in [0, 0.1) is 20.8 Å². The van der Waals surface area contributed by atoms with Crippen LogP contribution in [-0.2, 0) is 0 Å². The molecule has 1 amide bonds. The lowest BCUT2D eigenvalue weighted by atomic mass is 10.0. The van der Waals surface area contributed by atoms with Crippen molar-refractivity contribution < 1.29 is 4.79 Å². The normalized spacial score (nSPS) is 10.9. The van der Waals surface area contributed by atoms with Gasteiger partial charge in [-0.2, -0.15) is 0 Å². The lowest BCUT2D eigenvalue weighted by Gasteiger charge is -2.12. The zero-order valence-corrected chi connectivity index (χ0v) is 17.3. The zero-order valence-electron chi connectivity index (χ0n) is 16.6. The number of nitrogens with zero attached hydrogens (tertiary/aromatic N) is 1. The molecule has 0 unspecified atom stereocenters. The first-order valence-electron chi connectivity index (χ1n) is 9.47. The molecule has 29 heavy (non-hydrogen) atoms. The third-order valence-corrected chi connectivity index (χ3v) is 5.42. The number of halogens is 1. The first-order chi connectivity index (χ1) is 13.9. The molecule has 1 aromatic heterocycles. The lowest BCUT2D eigenvalue weighted by Crippen LogP contribution is -2.13. The van der Waals surface area contributed by atoms with E-state index < -0.39 is 0 Å². The number of carbonyl (C=O) groups is 1. The fourth-order valence-electron chi connectivity index (χ4n) is 3.37. The van der Waals surface area contributed by atoms with Gasteiger partial charge in [-0.25, -0.2) is 4.98 Å². The highest BCUT2D eigenvalue weighted by atomic mass is 35.5. The van der Waals surface area contributed by atoms with Gasteiger partial charge in [-0.1, -0.05) is 48.0 Å². The average Bonchev–Trinajstić information content (AvgIpc) is 2.70. The Hall–Kier alpha value is -3.17. The summed E-state index contributed by atoms with van der Waals surface area (Å²) in [5.41, 5.74) is 7.09. The van der Waals surface area contributed by atoms with Crippen LogP contribution in [0.3, 0.4) is 0 Å². The van der Waals surface area contributed by atoms with Crippen LogP contribution < -0.4 is 5.32 Å². The largest absolute Gasteiger partial charge is 0.322 e. The Morgan fingerprint density at radius 3 is 2.45 bits per heavy atom. The van der Waals surface area contributed by atoms with Crippen LogP contribution in [-0.4, -0.2) is 10.9 Å². The summed E-state index contributed by atoms with van der Waals surface area (Å²) >= 11 is 6.44. The maximum Gasteiger partial charge on any atom is 0.256 e. The van der Waals surface area contributed by atoms with Gasteiger partial charge in [0.15, 0.2) is 0 Å². The van der Waals surface area contributed by atoms with Gasteiger partial charge in [0, 0.05) is 16.6 Å².